The van der Waals surface area contributed by atoms with E-state index in [4.69, 9.17) is 5.73 Å². The molecule has 0 spiro atoms. The van der Waals surface area contributed by atoms with Crippen LogP contribution in [-0.2, 0) is 16.3 Å². The van der Waals surface area contributed by atoms with E-state index in [0.29, 0.717) is 12.2 Å². The predicted molar refractivity (Wildman–Crippen MR) is 54.6 cm³/mol. The zero-order chi connectivity index (χ0) is 10.8. The lowest BCUT2D eigenvalue weighted by Crippen LogP contribution is -2.39. The van der Waals surface area contributed by atoms with Crippen LogP contribution in [0.25, 0.3) is 0 Å². The molecule has 1 rings (SSSR count). The highest BCUT2D eigenvalue weighted by Gasteiger charge is 2.23. The molecule has 0 radical (unpaired) electrons. The molecule has 2 unspecified atom stereocenters. The number of aromatic nitrogens is 2. The molecule has 0 bridgehead atoms. The first-order valence-corrected chi connectivity index (χ1v) is 6.29. The fourth-order valence-corrected chi connectivity index (χ4v) is 1.85. The minimum atomic E-state index is -3.07. The molecule has 80 valence electrons. The average molecular weight is 217 g/mol. The number of H-pyrrole nitrogens is 1. The van der Waals surface area contributed by atoms with E-state index in [-0.39, 0.29) is 0 Å². The Morgan fingerprint density at radius 2 is 2.29 bits per heavy atom. The number of sulfone groups is 1. The monoisotopic (exact) mass is 217 g/mol. The van der Waals surface area contributed by atoms with E-state index in [1.807, 2.05) is 0 Å². The van der Waals surface area contributed by atoms with Crippen molar-refractivity contribution in [3.05, 3.63) is 18.2 Å². The summed E-state index contributed by atoms with van der Waals surface area (Å²) in [5.74, 6) is 0.716. The Hall–Kier alpha value is -0.880. The quantitative estimate of drug-likeness (QED) is 0.725. The number of hydrogen-bond acceptors (Lipinski definition) is 4. The summed E-state index contributed by atoms with van der Waals surface area (Å²) in [6, 6.07) is -0.420. The van der Waals surface area contributed by atoms with Crippen molar-refractivity contribution in [1.29, 1.82) is 0 Å². The van der Waals surface area contributed by atoms with E-state index in [1.165, 1.54) is 6.26 Å². The topological polar surface area (TPSA) is 88.8 Å². The maximum Gasteiger partial charge on any atom is 0.151 e. The van der Waals surface area contributed by atoms with Crippen LogP contribution in [0.5, 0.6) is 0 Å². The van der Waals surface area contributed by atoms with Crippen molar-refractivity contribution in [2.75, 3.05) is 6.26 Å². The lowest BCUT2D eigenvalue weighted by atomic mass is 10.1. The molecule has 0 saturated carbocycles. The minimum Gasteiger partial charge on any atom is -0.349 e. The van der Waals surface area contributed by atoms with Gasteiger partial charge in [-0.3, -0.25) is 0 Å². The number of imidazole rings is 1. The first-order chi connectivity index (χ1) is 6.41. The molecular formula is C8H15N3O2S. The van der Waals surface area contributed by atoms with Gasteiger partial charge in [0.15, 0.2) is 9.84 Å². The molecule has 14 heavy (non-hydrogen) atoms. The molecule has 0 aliphatic rings. The van der Waals surface area contributed by atoms with Crippen LogP contribution in [0.1, 0.15) is 12.7 Å². The van der Waals surface area contributed by atoms with Crippen LogP contribution in [-0.4, -0.2) is 35.9 Å². The van der Waals surface area contributed by atoms with Crippen molar-refractivity contribution in [3.63, 3.8) is 0 Å². The summed E-state index contributed by atoms with van der Waals surface area (Å²) in [7, 11) is -3.07. The van der Waals surface area contributed by atoms with Crippen molar-refractivity contribution in [1.82, 2.24) is 9.97 Å². The summed E-state index contributed by atoms with van der Waals surface area (Å²) in [6.45, 7) is 1.61. The zero-order valence-corrected chi connectivity index (χ0v) is 9.08. The molecule has 1 aromatic rings. The van der Waals surface area contributed by atoms with Gasteiger partial charge in [0.2, 0.25) is 0 Å². The smallest absolute Gasteiger partial charge is 0.151 e. The summed E-state index contributed by atoms with van der Waals surface area (Å²) < 4.78 is 22.4. The van der Waals surface area contributed by atoms with Crippen LogP contribution in [0.4, 0.5) is 0 Å². The van der Waals surface area contributed by atoms with Gasteiger partial charge >= 0.3 is 0 Å². The second kappa shape index (κ2) is 4.10. The zero-order valence-electron chi connectivity index (χ0n) is 8.27. The highest BCUT2D eigenvalue weighted by Crippen LogP contribution is 2.06. The lowest BCUT2D eigenvalue weighted by molar-refractivity contribution is 0.558. The van der Waals surface area contributed by atoms with Crippen LogP contribution in [0, 0.1) is 0 Å². The van der Waals surface area contributed by atoms with E-state index in [0.717, 1.165) is 0 Å². The van der Waals surface area contributed by atoms with E-state index in [1.54, 1.807) is 19.3 Å². The Balaban J connectivity index is 2.63. The summed E-state index contributed by atoms with van der Waals surface area (Å²) in [5, 5.41) is -0.549. The molecule has 3 N–H and O–H groups in total. The van der Waals surface area contributed by atoms with Gasteiger partial charge in [0.25, 0.3) is 0 Å². The lowest BCUT2D eigenvalue weighted by Gasteiger charge is -2.16. The Kier molecular flexibility index (Phi) is 3.28. The Labute approximate surface area is 83.7 Å². The molecule has 1 heterocycles. The second-order valence-electron chi connectivity index (χ2n) is 3.44. The van der Waals surface area contributed by atoms with Gasteiger partial charge in [-0.1, -0.05) is 0 Å². The highest BCUT2D eigenvalue weighted by atomic mass is 32.2. The number of rotatable bonds is 4. The van der Waals surface area contributed by atoms with Crippen molar-refractivity contribution >= 4 is 9.84 Å². The number of nitrogens with one attached hydrogen (secondary N) is 1. The van der Waals surface area contributed by atoms with Gasteiger partial charge in [0, 0.05) is 31.1 Å². The number of nitrogens with zero attached hydrogens (tertiary/aromatic N) is 1. The van der Waals surface area contributed by atoms with Crippen molar-refractivity contribution in [2.24, 2.45) is 5.73 Å². The first kappa shape index (κ1) is 11.2. The Morgan fingerprint density at radius 1 is 1.64 bits per heavy atom. The van der Waals surface area contributed by atoms with Crippen LogP contribution in [0.3, 0.4) is 0 Å². The van der Waals surface area contributed by atoms with Crippen molar-refractivity contribution < 1.29 is 8.42 Å². The molecule has 5 nitrogen and oxygen atoms in total. The SMILES string of the molecule is CC(C(N)Cc1ncc[nH]1)S(C)(=O)=O. The standard InChI is InChI=1S/C8H15N3O2S/c1-6(14(2,12)13)7(9)5-8-10-3-4-11-8/h3-4,6-7H,5,9H2,1-2H3,(H,10,11). The third kappa shape index (κ3) is 2.81. The van der Waals surface area contributed by atoms with Crippen molar-refractivity contribution in [3.8, 4) is 0 Å². The van der Waals surface area contributed by atoms with Gasteiger partial charge < -0.3 is 10.7 Å². The van der Waals surface area contributed by atoms with Gasteiger partial charge in [-0.15, -0.1) is 0 Å². The molecule has 0 saturated heterocycles. The summed E-state index contributed by atoms with van der Waals surface area (Å²) >= 11 is 0. The third-order valence-electron chi connectivity index (χ3n) is 2.26. The van der Waals surface area contributed by atoms with E-state index in [9.17, 15) is 8.42 Å². The van der Waals surface area contributed by atoms with E-state index >= 15 is 0 Å². The minimum absolute atomic E-state index is 0.420. The number of aromatic amines is 1. The summed E-state index contributed by atoms with van der Waals surface area (Å²) in [6.07, 6.45) is 4.95. The second-order valence-corrected chi connectivity index (χ2v) is 5.84. The van der Waals surface area contributed by atoms with Gasteiger partial charge in [-0.25, -0.2) is 13.4 Å². The van der Waals surface area contributed by atoms with Crippen LogP contribution < -0.4 is 5.73 Å². The van der Waals surface area contributed by atoms with Gasteiger partial charge in [0.1, 0.15) is 5.82 Å². The molecule has 0 aromatic carbocycles. The maximum atomic E-state index is 11.2. The van der Waals surface area contributed by atoms with Crippen molar-refractivity contribution in [2.45, 2.75) is 24.6 Å². The van der Waals surface area contributed by atoms with Gasteiger partial charge in [-0.05, 0) is 6.92 Å². The van der Waals surface area contributed by atoms with Crippen LogP contribution in [0.2, 0.25) is 0 Å². The normalized spacial score (nSPS) is 16.5. The van der Waals surface area contributed by atoms with Gasteiger partial charge in [-0.2, -0.15) is 0 Å². The molecule has 0 fully saturated rings. The molecule has 0 amide bonds. The molecule has 1 aromatic heterocycles. The summed E-state index contributed by atoms with van der Waals surface area (Å²) in [5.41, 5.74) is 5.76. The Morgan fingerprint density at radius 3 is 2.71 bits per heavy atom. The Bertz CT molecular complexity index is 371. The van der Waals surface area contributed by atoms with Crippen LogP contribution >= 0.6 is 0 Å². The number of hydrogen-bond donors (Lipinski definition) is 2. The fraction of sp³-hybridized carbons (Fsp3) is 0.625. The average Bonchev–Trinajstić information content (AvgIpc) is 2.53. The highest BCUT2D eigenvalue weighted by molar-refractivity contribution is 7.91. The van der Waals surface area contributed by atoms with E-state index < -0.39 is 21.1 Å². The molecule has 0 aliphatic heterocycles. The molecule has 6 heteroatoms. The van der Waals surface area contributed by atoms with Crippen LogP contribution in [0.15, 0.2) is 12.4 Å². The first-order valence-electron chi connectivity index (χ1n) is 4.34. The predicted octanol–water partition coefficient (Wildman–Crippen LogP) is -0.287. The van der Waals surface area contributed by atoms with Gasteiger partial charge in [0.05, 0.1) is 5.25 Å². The molecular weight excluding hydrogens is 202 g/mol. The molecule has 2 atom stereocenters. The number of nitrogens with two attached hydrogens (primary N) is 1. The fourth-order valence-electron chi connectivity index (χ4n) is 1.12. The largest absolute Gasteiger partial charge is 0.349 e. The van der Waals surface area contributed by atoms with E-state index in [2.05, 4.69) is 9.97 Å². The third-order valence-corrected chi connectivity index (χ3v) is 3.96. The summed E-state index contributed by atoms with van der Waals surface area (Å²) in [4.78, 5) is 6.88. The molecule has 0 aliphatic carbocycles. The maximum absolute atomic E-state index is 11.2.